The van der Waals surface area contributed by atoms with Crippen molar-refractivity contribution in [3.63, 3.8) is 0 Å². The van der Waals surface area contributed by atoms with E-state index in [0.717, 1.165) is 12.8 Å². The average Bonchev–Trinajstić information content (AvgIpc) is 3.20. The number of hydrogen-bond acceptors (Lipinski definition) is 5. The van der Waals surface area contributed by atoms with Gasteiger partial charge in [0.1, 0.15) is 11.8 Å². The van der Waals surface area contributed by atoms with E-state index in [-0.39, 0.29) is 11.6 Å². The van der Waals surface area contributed by atoms with Crippen molar-refractivity contribution in [3.05, 3.63) is 52.5 Å². The van der Waals surface area contributed by atoms with Gasteiger partial charge in [-0.1, -0.05) is 35.3 Å². The molecule has 1 fully saturated rings. The molecule has 0 radical (unpaired) electrons. The predicted octanol–water partition coefficient (Wildman–Crippen LogP) is 4.70. The van der Waals surface area contributed by atoms with Crippen LogP contribution in [-0.4, -0.2) is 29.6 Å². The van der Waals surface area contributed by atoms with Gasteiger partial charge < -0.3 is 9.64 Å². The largest absolute Gasteiger partial charge is 0.454 e. The third kappa shape index (κ3) is 4.70. The van der Waals surface area contributed by atoms with Gasteiger partial charge in [0.2, 0.25) is 5.71 Å². The summed E-state index contributed by atoms with van der Waals surface area (Å²) in [7, 11) is 0. The predicted molar refractivity (Wildman–Crippen MR) is 105 cm³/mol. The highest BCUT2D eigenvalue weighted by atomic mass is 35.5. The van der Waals surface area contributed by atoms with Crippen LogP contribution in [-0.2, 0) is 4.79 Å². The van der Waals surface area contributed by atoms with Crippen molar-refractivity contribution in [1.82, 2.24) is 4.90 Å². The number of amides is 1. The van der Waals surface area contributed by atoms with Gasteiger partial charge in [-0.15, -0.1) is 0 Å². The lowest BCUT2D eigenvalue weighted by molar-refractivity contribution is -0.122. The number of rotatable bonds is 5. The molecule has 0 atom stereocenters. The van der Waals surface area contributed by atoms with Crippen LogP contribution in [0.25, 0.3) is 0 Å². The van der Waals surface area contributed by atoms with Gasteiger partial charge in [-0.3, -0.25) is 10.2 Å². The molecule has 1 aliphatic rings. The number of hydrogen-bond donors (Lipinski definition) is 1. The number of nitrogens with one attached hydrogen (secondary N) is 1. The Labute approximate surface area is 166 Å². The SMILES string of the molecule is N#C/C(=N\Nc1ccccc1Oc1ccc(Cl)cc1Cl)C(=O)N1CCCC1. The summed E-state index contributed by atoms with van der Waals surface area (Å²) in [5, 5.41) is 14.1. The van der Waals surface area contributed by atoms with E-state index in [1.54, 1.807) is 47.4 Å². The number of halogens is 2. The van der Waals surface area contributed by atoms with Crippen LogP contribution in [0.2, 0.25) is 10.0 Å². The first kappa shape index (κ1) is 19.0. The number of likely N-dealkylation sites (tertiary alicyclic amines) is 1. The third-order valence-corrected chi connectivity index (χ3v) is 4.52. The molecule has 1 heterocycles. The number of carbonyl (C=O) groups excluding carboxylic acids is 1. The minimum Gasteiger partial charge on any atom is -0.454 e. The lowest BCUT2D eigenvalue weighted by atomic mass is 10.3. The molecule has 0 aromatic heterocycles. The van der Waals surface area contributed by atoms with Crippen molar-refractivity contribution in [2.45, 2.75) is 12.8 Å². The van der Waals surface area contributed by atoms with E-state index < -0.39 is 0 Å². The number of nitrogens with zero attached hydrogens (tertiary/aromatic N) is 3. The van der Waals surface area contributed by atoms with Crippen molar-refractivity contribution in [1.29, 1.82) is 5.26 Å². The van der Waals surface area contributed by atoms with E-state index in [1.165, 1.54) is 0 Å². The Morgan fingerprint density at radius 2 is 1.89 bits per heavy atom. The minimum atomic E-state index is -0.373. The molecular formula is C19H16Cl2N4O2. The fourth-order valence-electron chi connectivity index (χ4n) is 2.63. The summed E-state index contributed by atoms with van der Waals surface area (Å²) in [6.07, 6.45) is 1.88. The number of ether oxygens (including phenoxy) is 1. The summed E-state index contributed by atoms with van der Waals surface area (Å²) in [6, 6.07) is 13.8. The molecule has 0 unspecified atom stereocenters. The number of carbonyl (C=O) groups is 1. The Hall–Kier alpha value is -2.75. The molecule has 3 rings (SSSR count). The van der Waals surface area contributed by atoms with Crippen LogP contribution >= 0.6 is 23.2 Å². The molecule has 0 bridgehead atoms. The zero-order chi connectivity index (χ0) is 19.2. The van der Waals surface area contributed by atoms with Crippen molar-refractivity contribution in [2.75, 3.05) is 18.5 Å². The van der Waals surface area contributed by atoms with Crippen LogP contribution < -0.4 is 10.2 Å². The Bertz CT molecular complexity index is 918. The van der Waals surface area contributed by atoms with Gasteiger partial charge in [-0.2, -0.15) is 10.4 Å². The Morgan fingerprint density at radius 1 is 1.15 bits per heavy atom. The zero-order valence-corrected chi connectivity index (χ0v) is 15.8. The maximum atomic E-state index is 12.3. The number of benzene rings is 2. The van der Waals surface area contributed by atoms with Crippen LogP contribution in [0.1, 0.15) is 12.8 Å². The molecule has 2 aromatic carbocycles. The van der Waals surface area contributed by atoms with Crippen LogP contribution in [0.15, 0.2) is 47.6 Å². The van der Waals surface area contributed by atoms with E-state index in [4.69, 9.17) is 27.9 Å². The number of hydrazone groups is 1. The van der Waals surface area contributed by atoms with Gasteiger partial charge in [0.15, 0.2) is 5.75 Å². The molecule has 6 nitrogen and oxygen atoms in total. The standard InChI is InChI=1S/C19H16Cl2N4O2/c20-13-7-8-17(14(21)11-13)27-18-6-2-1-5-15(18)23-24-16(12-22)19(26)25-9-3-4-10-25/h1-2,5-8,11,23H,3-4,9-10H2/b24-16+. The summed E-state index contributed by atoms with van der Waals surface area (Å²) in [4.78, 5) is 13.9. The highest BCUT2D eigenvalue weighted by Crippen LogP contribution is 2.34. The normalized spacial score (nSPS) is 14.0. The zero-order valence-electron chi connectivity index (χ0n) is 14.3. The molecule has 1 saturated heterocycles. The van der Waals surface area contributed by atoms with E-state index in [9.17, 15) is 10.1 Å². The van der Waals surface area contributed by atoms with Crippen LogP contribution in [0.4, 0.5) is 5.69 Å². The lowest BCUT2D eigenvalue weighted by Crippen LogP contribution is -2.33. The molecule has 0 saturated carbocycles. The fourth-order valence-corrected chi connectivity index (χ4v) is 3.08. The van der Waals surface area contributed by atoms with Crippen molar-refractivity contribution < 1.29 is 9.53 Å². The van der Waals surface area contributed by atoms with Gasteiger partial charge in [-0.05, 0) is 43.2 Å². The topological polar surface area (TPSA) is 77.7 Å². The molecule has 1 amide bonds. The second-order valence-corrected chi connectivity index (χ2v) is 6.70. The van der Waals surface area contributed by atoms with E-state index in [0.29, 0.717) is 40.3 Å². The Balaban J connectivity index is 1.79. The fraction of sp³-hybridized carbons (Fsp3) is 0.211. The molecule has 2 aromatic rings. The second-order valence-electron chi connectivity index (χ2n) is 5.86. The Kier molecular flexibility index (Phi) is 6.17. The highest BCUT2D eigenvalue weighted by Gasteiger charge is 2.23. The smallest absolute Gasteiger partial charge is 0.285 e. The van der Waals surface area contributed by atoms with Gasteiger partial charge in [0.05, 0.1) is 10.7 Å². The van der Waals surface area contributed by atoms with E-state index in [2.05, 4.69) is 10.5 Å². The van der Waals surface area contributed by atoms with Gasteiger partial charge >= 0.3 is 0 Å². The monoisotopic (exact) mass is 402 g/mol. The summed E-state index contributed by atoms with van der Waals surface area (Å²) < 4.78 is 5.82. The minimum absolute atomic E-state index is 0.198. The molecule has 27 heavy (non-hydrogen) atoms. The van der Waals surface area contributed by atoms with Gasteiger partial charge in [-0.25, -0.2) is 0 Å². The quantitative estimate of drug-likeness (QED) is 0.580. The van der Waals surface area contributed by atoms with Crippen LogP contribution in [0.3, 0.4) is 0 Å². The van der Waals surface area contributed by atoms with Gasteiger partial charge in [0.25, 0.3) is 5.91 Å². The Morgan fingerprint density at radius 3 is 2.59 bits per heavy atom. The maximum Gasteiger partial charge on any atom is 0.285 e. The molecule has 1 N–H and O–H groups in total. The summed E-state index contributed by atoms with van der Waals surface area (Å²) in [5.74, 6) is 0.492. The molecule has 8 heteroatoms. The molecular weight excluding hydrogens is 387 g/mol. The molecule has 1 aliphatic heterocycles. The van der Waals surface area contributed by atoms with Crippen LogP contribution in [0.5, 0.6) is 11.5 Å². The first-order chi connectivity index (χ1) is 13.1. The van der Waals surface area contributed by atoms with Crippen molar-refractivity contribution >= 4 is 40.5 Å². The van der Waals surface area contributed by atoms with E-state index >= 15 is 0 Å². The summed E-state index contributed by atoms with van der Waals surface area (Å²) >= 11 is 12.0. The first-order valence-electron chi connectivity index (χ1n) is 8.33. The average molecular weight is 403 g/mol. The number of nitriles is 1. The second kappa shape index (κ2) is 8.76. The summed E-state index contributed by atoms with van der Waals surface area (Å²) in [6.45, 7) is 1.29. The van der Waals surface area contributed by atoms with Crippen molar-refractivity contribution in [3.8, 4) is 17.6 Å². The first-order valence-corrected chi connectivity index (χ1v) is 9.09. The molecule has 0 aliphatic carbocycles. The lowest BCUT2D eigenvalue weighted by Gasteiger charge is -2.14. The third-order valence-electron chi connectivity index (χ3n) is 3.99. The van der Waals surface area contributed by atoms with Crippen molar-refractivity contribution in [2.24, 2.45) is 5.10 Å². The molecule has 138 valence electrons. The van der Waals surface area contributed by atoms with Gasteiger partial charge in [0, 0.05) is 18.1 Å². The number of anilines is 1. The highest BCUT2D eigenvalue weighted by molar-refractivity contribution is 6.45. The van der Waals surface area contributed by atoms with Crippen LogP contribution in [0, 0.1) is 11.3 Å². The molecule has 0 spiro atoms. The van der Waals surface area contributed by atoms with E-state index in [1.807, 2.05) is 6.07 Å². The summed E-state index contributed by atoms with van der Waals surface area (Å²) in [5.41, 5.74) is 3.04. The number of para-hydroxylation sites is 2. The maximum absolute atomic E-state index is 12.3.